The Labute approximate surface area is 84.3 Å². The van der Waals surface area contributed by atoms with Crippen LogP contribution in [-0.2, 0) is 14.3 Å². The highest BCUT2D eigenvalue weighted by atomic mass is 16.5. The summed E-state index contributed by atoms with van der Waals surface area (Å²) in [5.41, 5.74) is 0. The molecule has 0 aliphatic heterocycles. The molecule has 0 unspecified atom stereocenters. The molecule has 1 fully saturated rings. The van der Waals surface area contributed by atoms with E-state index in [2.05, 4.69) is 4.74 Å². The van der Waals surface area contributed by atoms with Crippen LogP contribution in [0.15, 0.2) is 0 Å². The van der Waals surface area contributed by atoms with Crippen molar-refractivity contribution in [1.29, 1.82) is 0 Å². The molecular formula is C10H18O4. The van der Waals surface area contributed by atoms with Gasteiger partial charge in [0.15, 0.2) is 0 Å². The number of aliphatic carboxylic acids is 1. The minimum Gasteiger partial charge on any atom is -0.481 e. The average molecular weight is 202 g/mol. The van der Waals surface area contributed by atoms with Gasteiger partial charge in [0.25, 0.3) is 0 Å². The molecule has 0 heterocycles. The highest BCUT2D eigenvalue weighted by Crippen LogP contribution is 2.23. The standard InChI is InChI=1S/C7H12O2.C3H6O2/c8-7(9)6-4-2-1-3-5-6;1-3(4)5-2/h6H,1-5H2,(H,8,9);1-2H3. The van der Waals surface area contributed by atoms with Gasteiger partial charge in [-0.2, -0.15) is 0 Å². The first kappa shape index (κ1) is 12.9. The van der Waals surface area contributed by atoms with Crippen LogP contribution in [-0.4, -0.2) is 24.2 Å². The van der Waals surface area contributed by atoms with Crippen molar-refractivity contribution in [3.63, 3.8) is 0 Å². The summed E-state index contributed by atoms with van der Waals surface area (Å²) in [6, 6.07) is 0. The Morgan fingerprint density at radius 2 is 1.64 bits per heavy atom. The second-order valence-corrected chi connectivity index (χ2v) is 3.37. The molecule has 1 aliphatic carbocycles. The van der Waals surface area contributed by atoms with Gasteiger partial charge in [0.1, 0.15) is 0 Å². The summed E-state index contributed by atoms with van der Waals surface area (Å²) in [6.45, 7) is 1.36. The van der Waals surface area contributed by atoms with Crippen molar-refractivity contribution in [2.24, 2.45) is 5.92 Å². The van der Waals surface area contributed by atoms with Crippen molar-refractivity contribution >= 4 is 11.9 Å². The lowest BCUT2D eigenvalue weighted by Crippen LogP contribution is -2.16. The van der Waals surface area contributed by atoms with E-state index in [1.165, 1.54) is 20.5 Å². The van der Waals surface area contributed by atoms with Crippen LogP contribution in [0.5, 0.6) is 0 Å². The van der Waals surface area contributed by atoms with Crippen LogP contribution in [0.2, 0.25) is 0 Å². The van der Waals surface area contributed by atoms with Gasteiger partial charge in [-0.1, -0.05) is 19.3 Å². The van der Waals surface area contributed by atoms with E-state index < -0.39 is 5.97 Å². The van der Waals surface area contributed by atoms with Crippen LogP contribution >= 0.6 is 0 Å². The lowest BCUT2D eigenvalue weighted by molar-refractivity contribution is -0.142. The lowest BCUT2D eigenvalue weighted by Gasteiger charge is -2.16. The molecule has 1 N–H and O–H groups in total. The Balaban J connectivity index is 0.000000292. The van der Waals surface area contributed by atoms with E-state index in [0.717, 1.165) is 25.7 Å². The number of esters is 1. The minimum atomic E-state index is -0.602. The first-order valence-corrected chi connectivity index (χ1v) is 4.85. The SMILES string of the molecule is COC(C)=O.O=C(O)C1CCCCC1. The van der Waals surface area contributed by atoms with Crippen LogP contribution in [0.1, 0.15) is 39.0 Å². The molecule has 1 rings (SSSR count). The molecule has 0 amide bonds. The van der Waals surface area contributed by atoms with Gasteiger partial charge in [0.05, 0.1) is 13.0 Å². The van der Waals surface area contributed by atoms with Crippen molar-refractivity contribution in [3.8, 4) is 0 Å². The van der Waals surface area contributed by atoms with Crippen molar-refractivity contribution < 1.29 is 19.4 Å². The molecule has 0 atom stereocenters. The molecule has 82 valence electrons. The fraction of sp³-hybridized carbons (Fsp3) is 0.800. The average Bonchev–Trinajstić information content (AvgIpc) is 2.20. The second kappa shape index (κ2) is 7.35. The Morgan fingerprint density at radius 3 is 1.86 bits per heavy atom. The van der Waals surface area contributed by atoms with Crippen LogP contribution in [0, 0.1) is 5.92 Å². The summed E-state index contributed by atoms with van der Waals surface area (Å²) < 4.78 is 4.11. The maximum Gasteiger partial charge on any atom is 0.306 e. The predicted molar refractivity (Wildman–Crippen MR) is 51.9 cm³/mol. The number of methoxy groups -OCH3 is 1. The maximum atomic E-state index is 10.4. The van der Waals surface area contributed by atoms with E-state index in [1.807, 2.05) is 0 Å². The number of hydrogen-bond acceptors (Lipinski definition) is 3. The van der Waals surface area contributed by atoms with Gasteiger partial charge >= 0.3 is 11.9 Å². The number of carboxylic acids is 1. The number of carbonyl (C=O) groups is 2. The number of carbonyl (C=O) groups excluding carboxylic acids is 1. The number of carboxylic acid groups (broad SMARTS) is 1. The Kier molecular flexibility index (Phi) is 6.80. The van der Waals surface area contributed by atoms with Crippen molar-refractivity contribution in [1.82, 2.24) is 0 Å². The fourth-order valence-corrected chi connectivity index (χ4v) is 1.35. The van der Waals surface area contributed by atoms with E-state index in [-0.39, 0.29) is 11.9 Å². The van der Waals surface area contributed by atoms with Crippen molar-refractivity contribution in [2.45, 2.75) is 39.0 Å². The highest BCUT2D eigenvalue weighted by Gasteiger charge is 2.19. The molecule has 0 aromatic carbocycles. The molecule has 4 nitrogen and oxygen atoms in total. The van der Waals surface area contributed by atoms with E-state index in [1.54, 1.807) is 0 Å². The third kappa shape index (κ3) is 6.46. The molecule has 0 aromatic heterocycles. The fourth-order valence-electron chi connectivity index (χ4n) is 1.35. The third-order valence-electron chi connectivity index (χ3n) is 2.24. The molecule has 0 spiro atoms. The first-order chi connectivity index (χ1) is 6.57. The highest BCUT2D eigenvalue weighted by molar-refractivity contribution is 5.69. The van der Waals surface area contributed by atoms with Gasteiger partial charge in [-0.15, -0.1) is 0 Å². The molecule has 1 aliphatic rings. The van der Waals surface area contributed by atoms with Crippen molar-refractivity contribution in [2.75, 3.05) is 7.11 Å². The second-order valence-electron chi connectivity index (χ2n) is 3.37. The molecule has 0 bridgehead atoms. The molecular weight excluding hydrogens is 184 g/mol. The smallest absolute Gasteiger partial charge is 0.306 e. The first-order valence-electron chi connectivity index (χ1n) is 4.85. The largest absolute Gasteiger partial charge is 0.481 e. The molecule has 0 saturated heterocycles. The monoisotopic (exact) mass is 202 g/mol. The summed E-state index contributed by atoms with van der Waals surface area (Å²) in [6.07, 6.45) is 5.24. The lowest BCUT2D eigenvalue weighted by atomic mass is 9.90. The number of ether oxygens (including phenoxy) is 1. The summed E-state index contributed by atoms with van der Waals surface area (Å²) in [5, 5.41) is 8.54. The zero-order chi connectivity index (χ0) is 11.0. The van der Waals surface area contributed by atoms with Gasteiger partial charge in [-0.05, 0) is 12.8 Å². The topological polar surface area (TPSA) is 63.6 Å². The number of hydrogen-bond donors (Lipinski definition) is 1. The van der Waals surface area contributed by atoms with Gasteiger partial charge in [0.2, 0.25) is 0 Å². The van der Waals surface area contributed by atoms with E-state index in [4.69, 9.17) is 5.11 Å². The van der Waals surface area contributed by atoms with Crippen LogP contribution in [0.25, 0.3) is 0 Å². The Morgan fingerprint density at radius 1 is 1.21 bits per heavy atom. The van der Waals surface area contributed by atoms with Crippen molar-refractivity contribution in [3.05, 3.63) is 0 Å². The van der Waals surface area contributed by atoms with Crippen LogP contribution < -0.4 is 0 Å². The Bertz CT molecular complexity index is 183. The maximum absolute atomic E-state index is 10.4. The zero-order valence-corrected chi connectivity index (χ0v) is 8.78. The van der Waals surface area contributed by atoms with Gasteiger partial charge in [0, 0.05) is 6.92 Å². The normalized spacial score (nSPS) is 16.4. The van der Waals surface area contributed by atoms with Gasteiger partial charge in [-0.3, -0.25) is 9.59 Å². The zero-order valence-electron chi connectivity index (χ0n) is 8.78. The molecule has 4 heteroatoms. The quantitative estimate of drug-likeness (QED) is 0.659. The summed E-state index contributed by atoms with van der Waals surface area (Å²) in [4.78, 5) is 19.9. The van der Waals surface area contributed by atoms with Gasteiger partial charge < -0.3 is 9.84 Å². The molecule has 14 heavy (non-hydrogen) atoms. The summed E-state index contributed by atoms with van der Waals surface area (Å²) in [7, 11) is 1.35. The predicted octanol–water partition coefficient (Wildman–Crippen LogP) is 1.83. The van der Waals surface area contributed by atoms with Gasteiger partial charge in [-0.25, -0.2) is 0 Å². The minimum absolute atomic E-state index is 0.0289. The van der Waals surface area contributed by atoms with Crippen LogP contribution in [0.3, 0.4) is 0 Å². The van der Waals surface area contributed by atoms with E-state index >= 15 is 0 Å². The van der Waals surface area contributed by atoms with Crippen LogP contribution in [0.4, 0.5) is 0 Å². The van der Waals surface area contributed by atoms with E-state index in [0.29, 0.717) is 0 Å². The molecule has 1 saturated carbocycles. The summed E-state index contributed by atoms with van der Waals surface area (Å²) >= 11 is 0. The third-order valence-corrected chi connectivity index (χ3v) is 2.24. The van der Waals surface area contributed by atoms with E-state index in [9.17, 15) is 9.59 Å². The summed E-state index contributed by atoms with van der Waals surface area (Å²) in [5.74, 6) is -0.876. The number of rotatable bonds is 1. The molecule has 0 aromatic rings. The molecule has 0 radical (unpaired) electrons. The Hall–Kier alpha value is -1.06.